The minimum Gasteiger partial charge on any atom is -0.306 e. The summed E-state index contributed by atoms with van der Waals surface area (Å²) >= 11 is 5.94. The summed E-state index contributed by atoms with van der Waals surface area (Å²) in [7, 11) is 2.13. The van der Waals surface area contributed by atoms with Crippen LogP contribution < -0.4 is 5.56 Å². The molecule has 0 saturated carbocycles. The number of hydrogen-bond donors (Lipinski definition) is 0. The molecule has 1 aliphatic rings. The van der Waals surface area contributed by atoms with Crippen LogP contribution in [0, 0.1) is 0 Å². The summed E-state index contributed by atoms with van der Waals surface area (Å²) in [4.78, 5) is 24.7. The summed E-state index contributed by atoms with van der Waals surface area (Å²) in [6, 6.07) is 14.2. The number of aromatic nitrogens is 3. The zero-order chi connectivity index (χ0) is 20.7. The molecule has 6 heteroatoms. The molecule has 1 aliphatic heterocycles. The van der Waals surface area contributed by atoms with Crippen molar-refractivity contribution in [2.75, 3.05) is 20.1 Å². The number of likely N-dealkylation sites (tertiary alicyclic amines) is 1. The molecule has 5 rings (SSSR count). The Bertz CT molecular complexity index is 1270. The minimum atomic E-state index is 0.0517. The van der Waals surface area contributed by atoms with Gasteiger partial charge < -0.3 is 4.90 Å². The van der Waals surface area contributed by atoms with Crippen molar-refractivity contribution in [3.63, 3.8) is 0 Å². The molecule has 0 N–H and O–H groups in total. The molecule has 0 atom stereocenters. The van der Waals surface area contributed by atoms with Gasteiger partial charge in [-0.15, -0.1) is 0 Å². The van der Waals surface area contributed by atoms with E-state index in [1.165, 1.54) is 0 Å². The number of fused-ring (bicyclic) bond motifs is 3. The fourth-order valence-corrected chi connectivity index (χ4v) is 4.57. The Kier molecular flexibility index (Phi) is 5.01. The van der Waals surface area contributed by atoms with Crippen molar-refractivity contribution in [3.8, 4) is 0 Å². The van der Waals surface area contributed by atoms with Gasteiger partial charge in [-0.1, -0.05) is 41.9 Å². The van der Waals surface area contributed by atoms with E-state index in [1.807, 2.05) is 34.9 Å². The van der Waals surface area contributed by atoms with Gasteiger partial charge in [0.1, 0.15) is 5.15 Å². The van der Waals surface area contributed by atoms with E-state index in [0.29, 0.717) is 17.0 Å². The molecule has 30 heavy (non-hydrogen) atoms. The van der Waals surface area contributed by atoms with Crippen LogP contribution in [0.25, 0.3) is 21.7 Å². The van der Waals surface area contributed by atoms with Gasteiger partial charge >= 0.3 is 0 Å². The largest absolute Gasteiger partial charge is 0.306 e. The van der Waals surface area contributed by atoms with Crippen molar-refractivity contribution in [1.82, 2.24) is 19.4 Å². The van der Waals surface area contributed by atoms with Crippen LogP contribution >= 0.6 is 11.6 Å². The van der Waals surface area contributed by atoms with E-state index < -0.39 is 0 Å². The molecular weight excluding hydrogens is 396 g/mol. The first-order valence-electron chi connectivity index (χ1n) is 10.3. The Morgan fingerprint density at radius 1 is 1.03 bits per heavy atom. The van der Waals surface area contributed by atoms with E-state index >= 15 is 0 Å². The lowest BCUT2D eigenvalue weighted by molar-refractivity contribution is 0.218. The Labute approximate surface area is 179 Å². The Morgan fingerprint density at radius 3 is 2.53 bits per heavy atom. The molecule has 152 valence electrons. The maximum Gasteiger partial charge on any atom is 0.261 e. The zero-order valence-corrected chi connectivity index (χ0v) is 17.6. The zero-order valence-electron chi connectivity index (χ0n) is 16.9. The van der Waals surface area contributed by atoms with Gasteiger partial charge in [0, 0.05) is 17.6 Å². The highest BCUT2D eigenvalue weighted by Crippen LogP contribution is 2.28. The Hall–Kier alpha value is -2.76. The minimum absolute atomic E-state index is 0.0517. The third-order valence-corrected chi connectivity index (χ3v) is 6.37. The monoisotopic (exact) mass is 418 g/mol. The molecule has 0 amide bonds. The quantitative estimate of drug-likeness (QED) is 0.364. The number of hydrogen-bond acceptors (Lipinski definition) is 4. The number of benzene rings is 2. The average molecular weight is 419 g/mol. The summed E-state index contributed by atoms with van der Waals surface area (Å²) in [5, 5.41) is 3.29. The molecule has 5 nitrogen and oxygen atoms in total. The second kappa shape index (κ2) is 7.82. The SMILES string of the molecule is CN1CCC(n2cnc3c(cc(Cc4ccc(Cl)nc4)c4ccccc43)c2=O)CC1. The first-order chi connectivity index (χ1) is 14.6. The lowest BCUT2D eigenvalue weighted by atomic mass is 9.96. The van der Waals surface area contributed by atoms with Crippen LogP contribution in [0.15, 0.2) is 59.8 Å². The fraction of sp³-hybridized carbons (Fsp3) is 0.292. The van der Waals surface area contributed by atoms with Gasteiger partial charge in [-0.05, 0) is 68.0 Å². The van der Waals surface area contributed by atoms with E-state index in [9.17, 15) is 4.79 Å². The number of pyridine rings is 1. The van der Waals surface area contributed by atoms with E-state index in [0.717, 1.165) is 53.3 Å². The molecule has 3 heterocycles. The van der Waals surface area contributed by atoms with Crippen LogP contribution in [0.4, 0.5) is 0 Å². The van der Waals surface area contributed by atoms with Gasteiger partial charge in [0.25, 0.3) is 5.56 Å². The van der Waals surface area contributed by atoms with Crippen molar-refractivity contribution < 1.29 is 0 Å². The van der Waals surface area contributed by atoms with Crippen LogP contribution in [0.5, 0.6) is 0 Å². The second-order valence-electron chi connectivity index (χ2n) is 8.13. The molecule has 4 aromatic rings. The topological polar surface area (TPSA) is 51.0 Å². The summed E-state index contributed by atoms with van der Waals surface area (Å²) in [6.45, 7) is 2.00. The molecule has 0 bridgehead atoms. The number of piperidine rings is 1. The lowest BCUT2D eigenvalue weighted by Gasteiger charge is -2.30. The standard InChI is InChI=1S/C24H23ClN4O/c1-28-10-8-18(9-11-28)29-15-27-23-20-5-3-2-4-19(20)17(13-21(23)24(29)30)12-16-6-7-22(25)26-14-16/h2-7,13-15,18H,8-12H2,1H3. The molecule has 0 aliphatic carbocycles. The van der Waals surface area contributed by atoms with E-state index in [1.54, 1.807) is 18.6 Å². The maximum atomic E-state index is 13.5. The van der Waals surface area contributed by atoms with Crippen molar-refractivity contribution >= 4 is 33.3 Å². The fourth-order valence-electron chi connectivity index (χ4n) is 4.46. The Morgan fingerprint density at radius 2 is 1.80 bits per heavy atom. The van der Waals surface area contributed by atoms with Gasteiger partial charge in [0.15, 0.2) is 0 Å². The van der Waals surface area contributed by atoms with E-state index in [2.05, 4.69) is 23.0 Å². The molecule has 1 fully saturated rings. The first-order valence-corrected chi connectivity index (χ1v) is 10.7. The molecular formula is C24H23ClN4O. The van der Waals surface area contributed by atoms with Crippen molar-refractivity contribution in [1.29, 1.82) is 0 Å². The molecule has 0 radical (unpaired) electrons. The highest BCUT2D eigenvalue weighted by atomic mass is 35.5. The highest BCUT2D eigenvalue weighted by Gasteiger charge is 2.21. The summed E-state index contributed by atoms with van der Waals surface area (Å²) in [6.07, 6.45) is 6.17. The maximum absolute atomic E-state index is 13.5. The normalized spacial score (nSPS) is 15.8. The smallest absolute Gasteiger partial charge is 0.261 e. The van der Waals surface area contributed by atoms with Crippen LogP contribution in [0.3, 0.4) is 0 Å². The second-order valence-corrected chi connectivity index (χ2v) is 8.52. The third-order valence-electron chi connectivity index (χ3n) is 6.14. The summed E-state index contributed by atoms with van der Waals surface area (Å²) < 4.78 is 1.84. The van der Waals surface area contributed by atoms with Crippen LogP contribution in [0.2, 0.25) is 5.15 Å². The van der Waals surface area contributed by atoms with Gasteiger partial charge in [0.2, 0.25) is 0 Å². The molecule has 2 aromatic carbocycles. The number of nitrogens with zero attached hydrogens (tertiary/aromatic N) is 4. The van der Waals surface area contributed by atoms with Crippen molar-refractivity contribution in [2.24, 2.45) is 0 Å². The van der Waals surface area contributed by atoms with Gasteiger partial charge in [0.05, 0.1) is 17.2 Å². The highest BCUT2D eigenvalue weighted by molar-refractivity contribution is 6.29. The Balaban J connectivity index is 1.66. The van der Waals surface area contributed by atoms with E-state index in [4.69, 9.17) is 16.6 Å². The molecule has 0 spiro atoms. The van der Waals surface area contributed by atoms with Crippen molar-refractivity contribution in [3.05, 3.63) is 81.6 Å². The number of halogens is 1. The van der Waals surface area contributed by atoms with Gasteiger partial charge in [-0.25, -0.2) is 9.97 Å². The van der Waals surface area contributed by atoms with Crippen LogP contribution in [-0.4, -0.2) is 39.6 Å². The average Bonchev–Trinajstić information content (AvgIpc) is 2.77. The summed E-state index contributed by atoms with van der Waals surface area (Å²) in [5.74, 6) is 0. The molecule has 2 aromatic heterocycles. The summed E-state index contributed by atoms with van der Waals surface area (Å²) in [5.41, 5.74) is 2.99. The molecule has 0 unspecified atom stereocenters. The molecule has 1 saturated heterocycles. The number of rotatable bonds is 3. The van der Waals surface area contributed by atoms with E-state index in [-0.39, 0.29) is 11.6 Å². The first kappa shape index (κ1) is 19.2. The van der Waals surface area contributed by atoms with Crippen LogP contribution in [-0.2, 0) is 6.42 Å². The predicted octanol–water partition coefficient (Wildman–Crippen LogP) is 4.46. The van der Waals surface area contributed by atoms with Gasteiger partial charge in [-0.3, -0.25) is 9.36 Å². The predicted molar refractivity (Wildman–Crippen MR) is 121 cm³/mol. The lowest BCUT2D eigenvalue weighted by Crippen LogP contribution is -2.35. The third kappa shape index (κ3) is 3.48. The van der Waals surface area contributed by atoms with Crippen molar-refractivity contribution in [2.45, 2.75) is 25.3 Å². The van der Waals surface area contributed by atoms with Crippen LogP contribution in [0.1, 0.15) is 30.0 Å². The van der Waals surface area contributed by atoms with Gasteiger partial charge in [-0.2, -0.15) is 0 Å².